The quantitative estimate of drug-likeness (QED) is 0.712. The maximum atomic E-state index is 13.8. The van der Waals surface area contributed by atoms with E-state index < -0.39 is 17.6 Å². The normalized spacial score (nSPS) is 11.1. The molecule has 1 aromatic carbocycles. The molecular weight excluding hydrogens is 275 g/mol. The molecule has 2 heterocycles. The van der Waals surface area contributed by atoms with Crippen molar-refractivity contribution in [3.05, 3.63) is 35.4 Å². The first-order valence-corrected chi connectivity index (χ1v) is 5.53. The van der Waals surface area contributed by atoms with E-state index in [0.717, 1.165) is 16.9 Å². The van der Waals surface area contributed by atoms with Crippen LogP contribution in [0.25, 0.3) is 16.9 Å². The van der Waals surface area contributed by atoms with Crippen molar-refractivity contribution >= 4 is 17.4 Å². The Kier molecular flexibility index (Phi) is 2.49. The van der Waals surface area contributed by atoms with Crippen LogP contribution in [0.2, 0.25) is 5.02 Å². The highest BCUT2D eigenvalue weighted by Crippen LogP contribution is 2.40. The smallest absolute Gasteiger partial charge is 0.258 e. The Hall–Kier alpha value is -2.41. The second-order valence-electron chi connectivity index (χ2n) is 3.70. The highest BCUT2D eigenvalue weighted by Gasteiger charge is 2.22. The fraction of sp³-hybridized carbons (Fsp3) is 0. The van der Waals surface area contributed by atoms with E-state index in [0.29, 0.717) is 0 Å². The molecule has 0 fully saturated rings. The number of hydrogen-bond acceptors (Lipinski definition) is 5. The van der Waals surface area contributed by atoms with Crippen LogP contribution in [-0.2, 0) is 0 Å². The molecule has 0 atom stereocenters. The summed E-state index contributed by atoms with van der Waals surface area (Å²) in [5.74, 6) is -1.78. The number of rotatable bonds is 1. The van der Waals surface area contributed by atoms with Gasteiger partial charge in [0.2, 0.25) is 11.8 Å². The van der Waals surface area contributed by atoms with E-state index in [9.17, 15) is 14.6 Å². The zero-order valence-corrected chi connectivity index (χ0v) is 10.0. The van der Waals surface area contributed by atoms with Gasteiger partial charge in [-0.2, -0.15) is 19.6 Å². The molecule has 2 aromatic heterocycles. The lowest BCUT2D eigenvalue weighted by molar-refractivity contribution is 0.415. The number of benzene rings is 1. The third-order valence-corrected chi connectivity index (χ3v) is 2.91. The lowest BCUT2D eigenvalue weighted by Gasteiger charge is -2.09. The van der Waals surface area contributed by atoms with Gasteiger partial charge in [0.1, 0.15) is 17.7 Å². The molecule has 2 N–H and O–H groups in total. The Bertz CT molecular complexity index is 769. The van der Waals surface area contributed by atoms with E-state index in [1.54, 1.807) is 0 Å². The van der Waals surface area contributed by atoms with Gasteiger partial charge in [-0.1, -0.05) is 17.7 Å². The molecule has 3 aromatic rings. The van der Waals surface area contributed by atoms with E-state index in [-0.39, 0.29) is 21.9 Å². The molecule has 96 valence electrons. The summed E-state index contributed by atoms with van der Waals surface area (Å²) < 4.78 is 14.8. The van der Waals surface area contributed by atoms with Crippen LogP contribution in [0.1, 0.15) is 0 Å². The van der Waals surface area contributed by atoms with Gasteiger partial charge in [-0.25, -0.2) is 4.39 Å². The van der Waals surface area contributed by atoms with Crippen molar-refractivity contribution in [3.8, 4) is 22.9 Å². The van der Waals surface area contributed by atoms with Crippen molar-refractivity contribution < 1.29 is 14.6 Å². The van der Waals surface area contributed by atoms with Crippen molar-refractivity contribution in [2.45, 2.75) is 0 Å². The van der Waals surface area contributed by atoms with Crippen LogP contribution >= 0.6 is 11.6 Å². The summed E-state index contributed by atoms with van der Waals surface area (Å²) in [6.07, 6.45) is 1.15. The Balaban J connectivity index is 2.42. The average Bonchev–Trinajstić information content (AvgIpc) is 2.81. The molecule has 0 saturated carbocycles. The second kappa shape index (κ2) is 4.06. The van der Waals surface area contributed by atoms with Crippen molar-refractivity contribution in [3.63, 3.8) is 0 Å². The predicted octanol–water partition coefficient (Wildman–Crippen LogP) is 2.00. The van der Waals surface area contributed by atoms with Gasteiger partial charge in [0.25, 0.3) is 5.78 Å². The van der Waals surface area contributed by atoms with Gasteiger partial charge >= 0.3 is 0 Å². The number of halogens is 2. The molecule has 0 saturated heterocycles. The lowest BCUT2D eigenvalue weighted by Crippen LogP contribution is -1.97. The third kappa shape index (κ3) is 1.66. The van der Waals surface area contributed by atoms with Crippen LogP contribution < -0.4 is 0 Å². The molecule has 3 rings (SSSR count). The number of fused-ring (bicyclic) bond motifs is 1. The highest BCUT2D eigenvalue weighted by molar-refractivity contribution is 6.33. The summed E-state index contributed by atoms with van der Waals surface area (Å²) in [6, 6.07) is 4.01. The first-order chi connectivity index (χ1) is 9.09. The second-order valence-corrected chi connectivity index (χ2v) is 4.11. The molecule has 0 unspecified atom stereocenters. The van der Waals surface area contributed by atoms with Gasteiger partial charge in [0.15, 0.2) is 0 Å². The van der Waals surface area contributed by atoms with Crippen molar-refractivity contribution in [2.24, 2.45) is 0 Å². The molecule has 6 nitrogen and oxygen atoms in total. The summed E-state index contributed by atoms with van der Waals surface area (Å²) in [6.45, 7) is 0. The van der Waals surface area contributed by atoms with E-state index >= 15 is 0 Å². The fourth-order valence-corrected chi connectivity index (χ4v) is 2.04. The van der Waals surface area contributed by atoms with Crippen molar-refractivity contribution in [1.29, 1.82) is 0 Å². The highest BCUT2D eigenvalue weighted by atomic mass is 35.5. The number of hydrogen-bond donors (Lipinski definition) is 2. The topological polar surface area (TPSA) is 83.5 Å². The zero-order chi connectivity index (χ0) is 13.6. The molecule has 0 bridgehead atoms. The summed E-state index contributed by atoms with van der Waals surface area (Å²) in [5, 5.41) is 23.6. The van der Waals surface area contributed by atoms with Crippen LogP contribution in [0.3, 0.4) is 0 Å². The molecular formula is C11H6ClFN4O2. The van der Waals surface area contributed by atoms with E-state index in [1.807, 2.05) is 0 Å². The van der Waals surface area contributed by atoms with Crippen molar-refractivity contribution in [1.82, 2.24) is 19.6 Å². The van der Waals surface area contributed by atoms with E-state index in [4.69, 9.17) is 11.6 Å². The standard InChI is InChI=1S/C11H6ClFN4O2/c12-5-2-1-3-6(13)7(5)8-9(18)16-11-14-4-15-17(11)10(8)19/h1-4,19H,(H,14,15,16,18). The Morgan fingerprint density at radius 2 is 2.00 bits per heavy atom. The van der Waals surface area contributed by atoms with Crippen LogP contribution in [0, 0.1) is 5.82 Å². The predicted molar refractivity (Wildman–Crippen MR) is 64.5 cm³/mol. The summed E-state index contributed by atoms with van der Waals surface area (Å²) >= 11 is 5.90. The molecule has 0 spiro atoms. The minimum absolute atomic E-state index is 0.00814. The SMILES string of the molecule is Oc1nc2ncnn2c(O)c1-c1c(F)cccc1Cl. The monoisotopic (exact) mass is 280 g/mol. The largest absolute Gasteiger partial charge is 0.493 e. The van der Waals surface area contributed by atoms with E-state index in [2.05, 4.69) is 15.1 Å². The Morgan fingerprint density at radius 3 is 2.74 bits per heavy atom. The van der Waals surface area contributed by atoms with Gasteiger partial charge in [0.05, 0.1) is 5.02 Å². The minimum Gasteiger partial charge on any atom is -0.493 e. The summed E-state index contributed by atoms with van der Waals surface area (Å²) in [7, 11) is 0. The van der Waals surface area contributed by atoms with Gasteiger partial charge in [-0.15, -0.1) is 0 Å². The van der Waals surface area contributed by atoms with Crippen molar-refractivity contribution in [2.75, 3.05) is 0 Å². The third-order valence-electron chi connectivity index (χ3n) is 2.60. The number of nitrogens with zero attached hydrogens (tertiary/aromatic N) is 4. The maximum Gasteiger partial charge on any atom is 0.258 e. The zero-order valence-electron chi connectivity index (χ0n) is 9.25. The van der Waals surface area contributed by atoms with Gasteiger partial charge in [-0.05, 0) is 12.1 Å². The van der Waals surface area contributed by atoms with Crippen LogP contribution in [0.5, 0.6) is 11.8 Å². The Morgan fingerprint density at radius 1 is 1.21 bits per heavy atom. The molecule has 0 aliphatic rings. The number of aromatic hydroxyl groups is 2. The van der Waals surface area contributed by atoms with Crippen LogP contribution in [0.15, 0.2) is 24.5 Å². The van der Waals surface area contributed by atoms with Crippen LogP contribution in [0.4, 0.5) is 4.39 Å². The molecule has 0 amide bonds. The van der Waals surface area contributed by atoms with Gasteiger partial charge < -0.3 is 10.2 Å². The average molecular weight is 281 g/mol. The molecule has 8 heteroatoms. The van der Waals surface area contributed by atoms with E-state index in [1.165, 1.54) is 12.1 Å². The summed E-state index contributed by atoms with van der Waals surface area (Å²) in [4.78, 5) is 7.43. The minimum atomic E-state index is -0.695. The maximum absolute atomic E-state index is 13.8. The molecule has 0 aliphatic carbocycles. The van der Waals surface area contributed by atoms with Crippen LogP contribution in [-0.4, -0.2) is 29.8 Å². The Labute approximate surface area is 110 Å². The number of aromatic nitrogens is 4. The lowest BCUT2D eigenvalue weighted by atomic mass is 10.1. The fourth-order valence-electron chi connectivity index (χ4n) is 1.78. The first-order valence-electron chi connectivity index (χ1n) is 5.15. The molecule has 19 heavy (non-hydrogen) atoms. The van der Waals surface area contributed by atoms with Gasteiger partial charge in [0, 0.05) is 5.56 Å². The molecule has 0 radical (unpaired) electrons. The summed E-state index contributed by atoms with van der Waals surface area (Å²) in [5.41, 5.74) is -0.384. The molecule has 0 aliphatic heterocycles. The van der Waals surface area contributed by atoms with Gasteiger partial charge in [-0.3, -0.25) is 0 Å². The first kappa shape index (κ1) is 11.7.